The average molecular weight is 230 g/mol. The highest BCUT2D eigenvalue weighted by molar-refractivity contribution is 5.82. The summed E-state index contributed by atoms with van der Waals surface area (Å²) in [4.78, 5) is 13.2. The molecule has 5 heteroatoms. The molecule has 0 unspecified atom stereocenters. The molecule has 2 rings (SSSR count). The van der Waals surface area contributed by atoms with Crippen LogP contribution in [0.1, 0.15) is 17.0 Å². The van der Waals surface area contributed by atoms with E-state index in [4.69, 9.17) is 0 Å². The number of Topliss-reactive ketones (excluding diaryl/α,β-unsaturated/α-hetero) is 1. The van der Waals surface area contributed by atoms with E-state index in [-0.39, 0.29) is 12.2 Å². The van der Waals surface area contributed by atoms with Crippen LogP contribution >= 0.6 is 0 Å². The smallest absolute Gasteiger partial charge is 0.182 e. The number of hydrogen-bond donors (Lipinski definition) is 0. The molecule has 0 atom stereocenters. The number of tetrazole rings is 1. The molecule has 17 heavy (non-hydrogen) atoms. The molecular weight excluding hydrogens is 216 g/mol. The normalized spacial score (nSPS) is 10.5. The van der Waals surface area contributed by atoms with E-state index in [2.05, 4.69) is 15.4 Å². The summed E-state index contributed by atoms with van der Waals surface area (Å²) in [6.07, 6.45) is 0.660. The third-order valence-corrected chi connectivity index (χ3v) is 2.55. The van der Waals surface area contributed by atoms with Crippen LogP contribution < -0.4 is 0 Å². The van der Waals surface area contributed by atoms with Crippen molar-refractivity contribution in [3.05, 3.63) is 41.2 Å². The van der Waals surface area contributed by atoms with Gasteiger partial charge in [0.1, 0.15) is 5.78 Å². The van der Waals surface area contributed by atoms with Crippen molar-refractivity contribution >= 4 is 5.78 Å². The summed E-state index contributed by atoms with van der Waals surface area (Å²) in [7, 11) is 1.68. The van der Waals surface area contributed by atoms with Gasteiger partial charge in [0.25, 0.3) is 0 Å². The third-order valence-electron chi connectivity index (χ3n) is 2.55. The first-order valence-electron chi connectivity index (χ1n) is 5.44. The van der Waals surface area contributed by atoms with Gasteiger partial charge in [-0.3, -0.25) is 4.79 Å². The maximum absolute atomic E-state index is 11.8. The number of nitrogens with zero attached hydrogens (tertiary/aromatic N) is 4. The Kier molecular flexibility index (Phi) is 3.27. The first kappa shape index (κ1) is 11.4. The van der Waals surface area contributed by atoms with Crippen molar-refractivity contribution in [2.75, 3.05) is 0 Å². The number of aromatic nitrogens is 4. The second kappa shape index (κ2) is 4.86. The molecule has 0 saturated heterocycles. The maximum Gasteiger partial charge on any atom is 0.182 e. The summed E-state index contributed by atoms with van der Waals surface area (Å²) in [5, 5.41) is 11.5. The lowest BCUT2D eigenvalue weighted by atomic mass is 10.0. The molecule has 0 saturated carbocycles. The van der Waals surface area contributed by atoms with Gasteiger partial charge in [-0.2, -0.15) is 4.80 Å². The fourth-order valence-electron chi connectivity index (χ4n) is 1.65. The molecule has 0 bridgehead atoms. The van der Waals surface area contributed by atoms with Crippen LogP contribution in [0.2, 0.25) is 0 Å². The van der Waals surface area contributed by atoms with Crippen LogP contribution in [0.4, 0.5) is 0 Å². The fourth-order valence-corrected chi connectivity index (χ4v) is 1.65. The zero-order chi connectivity index (χ0) is 12.3. The molecule has 0 fully saturated rings. The lowest BCUT2D eigenvalue weighted by Crippen LogP contribution is -2.09. The van der Waals surface area contributed by atoms with Crippen molar-refractivity contribution in [3.8, 4) is 0 Å². The molecule has 88 valence electrons. The third kappa shape index (κ3) is 2.96. The Morgan fingerprint density at radius 3 is 2.71 bits per heavy atom. The molecule has 1 aromatic heterocycles. The highest BCUT2D eigenvalue weighted by atomic mass is 16.1. The summed E-state index contributed by atoms with van der Waals surface area (Å²) in [5.41, 5.74) is 2.19. The minimum Gasteiger partial charge on any atom is -0.299 e. The Morgan fingerprint density at radius 1 is 1.29 bits per heavy atom. The molecule has 0 radical (unpaired) electrons. The highest BCUT2D eigenvalue weighted by Crippen LogP contribution is 2.08. The first-order valence-corrected chi connectivity index (χ1v) is 5.44. The lowest BCUT2D eigenvalue weighted by Gasteiger charge is -2.03. The van der Waals surface area contributed by atoms with Crippen molar-refractivity contribution < 1.29 is 4.79 Å². The van der Waals surface area contributed by atoms with E-state index in [9.17, 15) is 4.79 Å². The zero-order valence-electron chi connectivity index (χ0n) is 9.92. The van der Waals surface area contributed by atoms with Gasteiger partial charge >= 0.3 is 0 Å². The average Bonchev–Trinajstić information content (AvgIpc) is 2.67. The van der Waals surface area contributed by atoms with Gasteiger partial charge in [0.2, 0.25) is 0 Å². The van der Waals surface area contributed by atoms with Gasteiger partial charge < -0.3 is 0 Å². The van der Waals surface area contributed by atoms with E-state index in [1.165, 1.54) is 4.80 Å². The molecule has 1 aromatic carbocycles. The summed E-state index contributed by atoms with van der Waals surface area (Å²) in [6.45, 7) is 2.00. The van der Waals surface area contributed by atoms with Gasteiger partial charge in [-0.25, -0.2) is 0 Å². The first-order chi connectivity index (χ1) is 8.15. The van der Waals surface area contributed by atoms with Crippen LogP contribution in [0.25, 0.3) is 0 Å². The van der Waals surface area contributed by atoms with Crippen LogP contribution in [0.15, 0.2) is 24.3 Å². The van der Waals surface area contributed by atoms with Crippen LogP contribution in [0.5, 0.6) is 0 Å². The molecule has 0 N–H and O–H groups in total. The highest BCUT2D eigenvalue weighted by Gasteiger charge is 2.10. The van der Waals surface area contributed by atoms with E-state index in [1.54, 1.807) is 7.05 Å². The molecule has 0 aliphatic heterocycles. The molecule has 0 amide bonds. The second-order valence-electron chi connectivity index (χ2n) is 4.01. The molecule has 0 aliphatic carbocycles. The Labute approximate surface area is 99.5 Å². The largest absolute Gasteiger partial charge is 0.299 e. The minimum absolute atomic E-state index is 0.104. The van der Waals surface area contributed by atoms with E-state index in [0.717, 1.165) is 11.1 Å². The lowest BCUT2D eigenvalue weighted by molar-refractivity contribution is -0.117. The number of carbonyl (C=O) groups is 1. The molecule has 2 aromatic rings. The predicted molar refractivity (Wildman–Crippen MR) is 62.4 cm³/mol. The Morgan fingerprint density at radius 2 is 2.06 bits per heavy atom. The van der Waals surface area contributed by atoms with Crippen LogP contribution in [-0.2, 0) is 24.7 Å². The SMILES string of the molecule is Cc1ccccc1CC(=O)Cc1nnn(C)n1. The number of aryl methyl sites for hydroxylation is 2. The van der Waals surface area contributed by atoms with E-state index in [1.807, 2.05) is 31.2 Å². The van der Waals surface area contributed by atoms with E-state index >= 15 is 0 Å². The monoisotopic (exact) mass is 230 g/mol. The number of carbonyl (C=O) groups excluding carboxylic acids is 1. The van der Waals surface area contributed by atoms with Crippen LogP contribution in [0.3, 0.4) is 0 Å². The topological polar surface area (TPSA) is 60.7 Å². The molecule has 0 aliphatic rings. The number of benzene rings is 1. The van der Waals surface area contributed by atoms with Gasteiger partial charge in [0.15, 0.2) is 5.82 Å². The van der Waals surface area contributed by atoms with Crippen LogP contribution in [-0.4, -0.2) is 26.0 Å². The van der Waals surface area contributed by atoms with Gasteiger partial charge in [-0.1, -0.05) is 24.3 Å². The molecule has 1 heterocycles. The maximum atomic E-state index is 11.8. The van der Waals surface area contributed by atoms with Gasteiger partial charge in [0.05, 0.1) is 13.5 Å². The van der Waals surface area contributed by atoms with Gasteiger partial charge in [-0.15, -0.1) is 10.2 Å². The predicted octanol–water partition coefficient (Wildman–Crippen LogP) is 0.873. The summed E-state index contributed by atoms with van der Waals surface area (Å²) in [6, 6.07) is 7.88. The van der Waals surface area contributed by atoms with E-state index in [0.29, 0.717) is 12.2 Å². The molecule has 0 spiro atoms. The van der Waals surface area contributed by atoms with Crippen molar-refractivity contribution in [2.45, 2.75) is 19.8 Å². The van der Waals surface area contributed by atoms with Crippen molar-refractivity contribution in [2.24, 2.45) is 7.05 Å². The number of hydrogen-bond acceptors (Lipinski definition) is 4. The summed E-state index contributed by atoms with van der Waals surface area (Å²) >= 11 is 0. The van der Waals surface area contributed by atoms with Crippen molar-refractivity contribution in [1.29, 1.82) is 0 Å². The van der Waals surface area contributed by atoms with Crippen molar-refractivity contribution in [1.82, 2.24) is 20.2 Å². The quantitative estimate of drug-likeness (QED) is 0.782. The minimum atomic E-state index is 0.104. The fraction of sp³-hybridized carbons (Fsp3) is 0.333. The molecule has 5 nitrogen and oxygen atoms in total. The van der Waals surface area contributed by atoms with Gasteiger partial charge in [0, 0.05) is 6.42 Å². The Hall–Kier alpha value is -2.04. The standard InChI is InChI=1S/C12H14N4O/c1-9-5-3-4-6-10(9)7-11(17)8-12-13-15-16(2)14-12/h3-6H,7-8H2,1-2H3. The zero-order valence-corrected chi connectivity index (χ0v) is 9.92. The summed E-state index contributed by atoms with van der Waals surface area (Å²) in [5.74, 6) is 0.582. The molecular formula is C12H14N4O. The second-order valence-corrected chi connectivity index (χ2v) is 4.01. The van der Waals surface area contributed by atoms with Gasteiger partial charge in [-0.05, 0) is 23.3 Å². The Bertz CT molecular complexity index is 533. The van der Waals surface area contributed by atoms with E-state index < -0.39 is 0 Å². The Balaban J connectivity index is 2.01. The number of ketones is 1. The van der Waals surface area contributed by atoms with Crippen molar-refractivity contribution in [3.63, 3.8) is 0 Å². The van der Waals surface area contributed by atoms with Crippen LogP contribution in [0, 0.1) is 6.92 Å². The summed E-state index contributed by atoms with van der Waals surface area (Å²) < 4.78 is 0. The number of rotatable bonds is 4.